The number of hydrogen-bond donors (Lipinski definition) is 1. The molecule has 19 heavy (non-hydrogen) atoms. The molecule has 6 nitrogen and oxygen atoms in total. The molecule has 0 saturated heterocycles. The van der Waals surface area contributed by atoms with E-state index in [1.807, 2.05) is 18.5 Å². The number of aliphatic hydroxyl groups is 1. The van der Waals surface area contributed by atoms with Crippen LogP contribution in [0.15, 0.2) is 4.52 Å². The number of aliphatic hydroxyl groups excluding tert-OH is 1. The highest BCUT2D eigenvalue weighted by atomic mass is 16.5. The lowest BCUT2D eigenvalue weighted by Crippen LogP contribution is -2.05. The van der Waals surface area contributed by atoms with Gasteiger partial charge in [-0.2, -0.15) is 10.1 Å². The van der Waals surface area contributed by atoms with Crippen LogP contribution in [-0.4, -0.2) is 31.6 Å². The fraction of sp³-hybridized carbons (Fsp3) is 0.615. The molecule has 1 aliphatic rings. The maximum absolute atomic E-state index is 9.06. The van der Waals surface area contributed by atoms with E-state index in [4.69, 9.17) is 9.63 Å². The Balaban J connectivity index is 1.79. The van der Waals surface area contributed by atoms with Crippen molar-refractivity contribution < 1.29 is 9.63 Å². The van der Waals surface area contributed by atoms with Crippen LogP contribution in [0.3, 0.4) is 0 Å². The zero-order valence-corrected chi connectivity index (χ0v) is 11.3. The predicted molar refractivity (Wildman–Crippen MR) is 67.9 cm³/mol. The fourth-order valence-electron chi connectivity index (χ4n) is 2.33. The van der Waals surface area contributed by atoms with Crippen molar-refractivity contribution in [3.8, 4) is 0 Å². The summed E-state index contributed by atoms with van der Waals surface area (Å²) < 4.78 is 7.13. The molecule has 0 atom stereocenters. The monoisotopic (exact) mass is 262 g/mol. The third-order valence-corrected chi connectivity index (χ3v) is 3.60. The highest BCUT2D eigenvalue weighted by Gasteiger charge is 2.28. The minimum Gasteiger partial charge on any atom is -0.396 e. The molecule has 6 heteroatoms. The van der Waals surface area contributed by atoms with Crippen LogP contribution < -0.4 is 0 Å². The molecule has 1 fully saturated rings. The maximum atomic E-state index is 9.06. The van der Waals surface area contributed by atoms with E-state index in [1.54, 1.807) is 0 Å². The van der Waals surface area contributed by atoms with Crippen molar-refractivity contribution in [2.45, 2.75) is 45.6 Å². The Labute approximate surface area is 111 Å². The van der Waals surface area contributed by atoms with E-state index in [9.17, 15) is 0 Å². The van der Waals surface area contributed by atoms with Crippen molar-refractivity contribution in [1.82, 2.24) is 19.9 Å². The van der Waals surface area contributed by atoms with Gasteiger partial charge in [0, 0.05) is 18.2 Å². The van der Waals surface area contributed by atoms with Crippen molar-refractivity contribution in [3.05, 3.63) is 28.7 Å². The van der Waals surface area contributed by atoms with Gasteiger partial charge in [-0.1, -0.05) is 5.16 Å². The second kappa shape index (κ2) is 4.77. The van der Waals surface area contributed by atoms with Crippen molar-refractivity contribution in [3.63, 3.8) is 0 Å². The Morgan fingerprint density at radius 2 is 2.16 bits per heavy atom. The molecule has 2 heterocycles. The summed E-state index contributed by atoms with van der Waals surface area (Å²) in [5.74, 6) is 1.93. The minimum absolute atomic E-state index is 0.139. The van der Waals surface area contributed by atoms with Gasteiger partial charge in [-0.25, -0.2) is 0 Å². The van der Waals surface area contributed by atoms with Crippen LogP contribution in [0, 0.1) is 13.8 Å². The second-order valence-electron chi connectivity index (χ2n) is 5.10. The fourth-order valence-corrected chi connectivity index (χ4v) is 2.33. The number of aromatic nitrogens is 4. The van der Waals surface area contributed by atoms with E-state index < -0.39 is 0 Å². The smallest absolute Gasteiger partial charge is 0.248 e. The first kappa shape index (κ1) is 12.3. The summed E-state index contributed by atoms with van der Waals surface area (Å²) in [6.07, 6.45) is 2.97. The molecule has 102 valence electrons. The average molecular weight is 262 g/mol. The summed E-state index contributed by atoms with van der Waals surface area (Å²) in [5.41, 5.74) is 3.11. The summed E-state index contributed by atoms with van der Waals surface area (Å²) in [6, 6.07) is 0. The Bertz CT molecular complexity index is 583. The molecule has 0 aliphatic heterocycles. The highest BCUT2D eigenvalue weighted by Crippen LogP contribution is 2.38. The summed E-state index contributed by atoms with van der Waals surface area (Å²) in [4.78, 5) is 4.41. The van der Waals surface area contributed by atoms with E-state index in [-0.39, 0.29) is 6.61 Å². The van der Waals surface area contributed by atoms with Crippen LogP contribution in [0.25, 0.3) is 0 Å². The van der Waals surface area contributed by atoms with Crippen LogP contribution in [0.4, 0.5) is 0 Å². The molecule has 2 aromatic rings. The van der Waals surface area contributed by atoms with Crippen LogP contribution in [-0.2, 0) is 13.0 Å². The van der Waals surface area contributed by atoms with E-state index in [2.05, 4.69) is 15.2 Å². The van der Waals surface area contributed by atoms with Gasteiger partial charge in [0.2, 0.25) is 5.89 Å². The maximum Gasteiger partial charge on any atom is 0.248 e. The molecular formula is C13H18N4O2. The number of nitrogens with zero attached hydrogens (tertiary/aromatic N) is 4. The Morgan fingerprint density at radius 1 is 1.37 bits per heavy atom. The molecule has 2 aromatic heterocycles. The van der Waals surface area contributed by atoms with Crippen molar-refractivity contribution in [1.29, 1.82) is 0 Å². The van der Waals surface area contributed by atoms with Gasteiger partial charge in [0.25, 0.3) is 0 Å². The van der Waals surface area contributed by atoms with E-state index in [0.29, 0.717) is 24.8 Å². The van der Waals surface area contributed by atoms with Gasteiger partial charge in [-0.3, -0.25) is 4.68 Å². The normalized spacial score (nSPS) is 15.1. The molecule has 1 saturated carbocycles. The largest absolute Gasteiger partial charge is 0.396 e. The third-order valence-electron chi connectivity index (χ3n) is 3.60. The number of aryl methyl sites for hydroxylation is 1. The van der Waals surface area contributed by atoms with Gasteiger partial charge in [0.15, 0.2) is 5.82 Å². The van der Waals surface area contributed by atoms with Gasteiger partial charge in [0.05, 0.1) is 5.69 Å². The van der Waals surface area contributed by atoms with Crippen LogP contribution in [0.5, 0.6) is 0 Å². The van der Waals surface area contributed by atoms with Crippen LogP contribution >= 0.6 is 0 Å². The molecule has 0 unspecified atom stereocenters. The Hall–Kier alpha value is -1.69. The third kappa shape index (κ3) is 2.40. The topological polar surface area (TPSA) is 77.0 Å². The zero-order valence-electron chi connectivity index (χ0n) is 11.3. The van der Waals surface area contributed by atoms with Gasteiger partial charge in [0.1, 0.15) is 6.54 Å². The van der Waals surface area contributed by atoms with E-state index >= 15 is 0 Å². The lowest BCUT2D eigenvalue weighted by molar-refractivity contribution is 0.299. The minimum atomic E-state index is 0.139. The first-order chi connectivity index (χ1) is 9.19. The standard InChI is InChI=1S/C13H18N4O2/c1-8-11(5-6-18)9(2)17(15-8)7-12-14-13(16-19-12)10-3-4-10/h10,18H,3-7H2,1-2H3. The first-order valence-corrected chi connectivity index (χ1v) is 6.65. The summed E-state index contributed by atoms with van der Waals surface area (Å²) in [6.45, 7) is 4.60. The van der Waals surface area contributed by atoms with Gasteiger partial charge in [-0.15, -0.1) is 0 Å². The van der Waals surface area contributed by atoms with E-state index in [1.165, 1.54) is 12.8 Å². The van der Waals surface area contributed by atoms with Crippen molar-refractivity contribution in [2.75, 3.05) is 6.61 Å². The van der Waals surface area contributed by atoms with Gasteiger partial charge >= 0.3 is 0 Å². The SMILES string of the molecule is Cc1nn(Cc2nc(C3CC3)no2)c(C)c1CCO. The molecule has 1 aliphatic carbocycles. The lowest BCUT2D eigenvalue weighted by Gasteiger charge is -2.01. The molecule has 0 amide bonds. The molecular weight excluding hydrogens is 244 g/mol. The second-order valence-corrected chi connectivity index (χ2v) is 5.10. The molecule has 1 N–H and O–H groups in total. The van der Waals surface area contributed by atoms with Gasteiger partial charge < -0.3 is 9.63 Å². The summed E-state index contributed by atoms with van der Waals surface area (Å²) >= 11 is 0. The Morgan fingerprint density at radius 3 is 2.84 bits per heavy atom. The van der Waals surface area contributed by atoms with Gasteiger partial charge in [-0.05, 0) is 38.7 Å². The highest BCUT2D eigenvalue weighted by molar-refractivity contribution is 5.25. The average Bonchev–Trinajstić information content (AvgIpc) is 3.09. The number of rotatable bonds is 5. The molecule has 0 spiro atoms. The number of hydrogen-bond acceptors (Lipinski definition) is 5. The zero-order chi connectivity index (χ0) is 13.4. The lowest BCUT2D eigenvalue weighted by atomic mass is 10.1. The Kier molecular flexibility index (Phi) is 3.10. The molecule has 0 radical (unpaired) electrons. The predicted octanol–water partition coefficient (Wildman–Crippen LogP) is 1.34. The van der Waals surface area contributed by atoms with Crippen molar-refractivity contribution >= 4 is 0 Å². The molecule has 0 bridgehead atoms. The quantitative estimate of drug-likeness (QED) is 0.880. The van der Waals surface area contributed by atoms with E-state index in [0.717, 1.165) is 22.8 Å². The summed E-state index contributed by atoms with van der Waals surface area (Å²) in [7, 11) is 0. The molecule has 0 aromatic carbocycles. The van der Waals surface area contributed by atoms with Crippen LogP contribution in [0.1, 0.15) is 47.4 Å². The molecule has 3 rings (SSSR count). The first-order valence-electron chi connectivity index (χ1n) is 6.65. The van der Waals surface area contributed by atoms with Crippen LogP contribution in [0.2, 0.25) is 0 Å². The summed E-state index contributed by atoms with van der Waals surface area (Å²) in [5, 5.41) is 17.5. The van der Waals surface area contributed by atoms with Crippen molar-refractivity contribution in [2.24, 2.45) is 0 Å².